The minimum atomic E-state index is -0.304. The Labute approximate surface area is 162 Å². The molecule has 4 atom stereocenters. The molecule has 0 aromatic rings. The van der Waals surface area contributed by atoms with Crippen LogP contribution in [-0.4, -0.2) is 42.0 Å². The Bertz CT molecular complexity index is 452. The van der Waals surface area contributed by atoms with Gasteiger partial charge in [-0.2, -0.15) is 0 Å². The van der Waals surface area contributed by atoms with Crippen LogP contribution in [0.25, 0.3) is 0 Å². The molecule has 2 aliphatic carbocycles. The van der Waals surface area contributed by atoms with Crippen molar-refractivity contribution in [3.63, 3.8) is 0 Å². The molecule has 3 rings (SSSR count). The molecule has 0 aromatic heterocycles. The minimum Gasteiger partial charge on any atom is -0.347 e. The Morgan fingerprint density at radius 1 is 1.08 bits per heavy atom. The van der Waals surface area contributed by atoms with Crippen LogP contribution in [0.4, 0.5) is 0 Å². The first-order valence-electron chi connectivity index (χ1n) is 11.3. The molecule has 0 aromatic carbocycles. The van der Waals surface area contributed by atoms with E-state index in [0.717, 1.165) is 31.5 Å². The molecule has 26 heavy (non-hydrogen) atoms. The first-order chi connectivity index (χ1) is 12.2. The van der Waals surface area contributed by atoms with Crippen LogP contribution < -0.4 is 0 Å². The van der Waals surface area contributed by atoms with Crippen LogP contribution in [0.2, 0.25) is 0 Å². The van der Waals surface area contributed by atoms with Crippen molar-refractivity contribution in [3.05, 3.63) is 0 Å². The molecule has 2 saturated carbocycles. The van der Waals surface area contributed by atoms with E-state index in [-0.39, 0.29) is 11.9 Å². The molecule has 1 saturated heterocycles. The van der Waals surface area contributed by atoms with Crippen LogP contribution in [0.3, 0.4) is 0 Å². The normalized spacial score (nSPS) is 37.2. The lowest BCUT2D eigenvalue weighted by Gasteiger charge is -2.45. The van der Waals surface area contributed by atoms with E-state index in [9.17, 15) is 0 Å². The molecule has 1 heterocycles. The predicted octanol–water partition coefficient (Wildman–Crippen LogP) is 5.62. The van der Waals surface area contributed by atoms with E-state index in [1.807, 2.05) is 0 Å². The lowest BCUT2D eigenvalue weighted by atomic mass is 9.67. The third kappa shape index (κ3) is 4.47. The fourth-order valence-electron chi connectivity index (χ4n) is 5.63. The summed E-state index contributed by atoms with van der Waals surface area (Å²) in [6.45, 7) is 16.0. The zero-order valence-corrected chi connectivity index (χ0v) is 18.2. The molecule has 3 fully saturated rings. The van der Waals surface area contributed by atoms with Crippen LogP contribution in [-0.2, 0) is 9.47 Å². The van der Waals surface area contributed by atoms with E-state index in [1.165, 1.54) is 44.9 Å². The van der Waals surface area contributed by atoms with E-state index in [2.05, 4.69) is 46.4 Å². The topological polar surface area (TPSA) is 21.7 Å². The fourth-order valence-corrected chi connectivity index (χ4v) is 5.63. The van der Waals surface area contributed by atoms with Gasteiger partial charge >= 0.3 is 0 Å². The van der Waals surface area contributed by atoms with E-state index in [4.69, 9.17) is 9.47 Å². The van der Waals surface area contributed by atoms with Crippen LogP contribution in [0.15, 0.2) is 0 Å². The lowest BCUT2D eigenvalue weighted by Crippen LogP contribution is -2.48. The summed E-state index contributed by atoms with van der Waals surface area (Å²) in [6.07, 6.45) is 10.7. The summed E-state index contributed by atoms with van der Waals surface area (Å²) in [4.78, 5) is 2.71. The monoisotopic (exact) mass is 365 g/mol. The van der Waals surface area contributed by atoms with Crippen molar-refractivity contribution in [1.29, 1.82) is 0 Å². The Hall–Kier alpha value is -0.120. The Morgan fingerprint density at radius 3 is 2.35 bits per heavy atom. The van der Waals surface area contributed by atoms with Gasteiger partial charge < -0.3 is 9.47 Å². The number of nitrogens with zero attached hydrogens (tertiary/aromatic N) is 1. The summed E-state index contributed by atoms with van der Waals surface area (Å²) >= 11 is 0. The van der Waals surface area contributed by atoms with Gasteiger partial charge in [-0.25, -0.2) is 0 Å². The van der Waals surface area contributed by atoms with Gasteiger partial charge in [-0.1, -0.05) is 47.0 Å². The SMILES string of the molecule is CC(C)N(CC1COC2(CCC(C(C)(C)C)CC2C)O1)C1CCCCC1. The quantitative estimate of drug-likeness (QED) is 0.645. The summed E-state index contributed by atoms with van der Waals surface area (Å²) in [7, 11) is 0. The third-order valence-corrected chi connectivity index (χ3v) is 7.46. The fraction of sp³-hybridized carbons (Fsp3) is 1.00. The van der Waals surface area contributed by atoms with Gasteiger partial charge in [0.05, 0.1) is 12.7 Å². The van der Waals surface area contributed by atoms with Crippen LogP contribution in [0.1, 0.15) is 92.9 Å². The second-order valence-corrected chi connectivity index (χ2v) is 10.7. The molecule has 0 bridgehead atoms. The van der Waals surface area contributed by atoms with Crippen LogP contribution >= 0.6 is 0 Å². The molecular weight excluding hydrogens is 322 g/mol. The maximum atomic E-state index is 6.67. The van der Waals surface area contributed by atoms with Gasteiger partial charge in [0.15, 0.2) is 5.79 Å². The van der Waals surface area contributed by atoms with Gasteiger partial charge in [-0.05, 0) is 50.9 Å². The Balaban J connectivity index is 1.59. The third-order valence-electron chi connectivity index (χ3n) is 7.46. The zero-order chi connectivity index (χ0) is 18.9. The van der Waals surface area contributed by atoms with Crippen molar-refractivity contribution < 1.29 is 9.47 Å². The van der Waals surface area contributed by atoms with E-state index >= 15 is 0 Å². The van der Waals surface area contributed by atoms with Crippen molar-refractivity contribution in [2.45, 2.75) is 117 Å². The second-order valence-electron chi connectivity index (χ2n) is 10.7. The highest BCUT2D eigenvalue weighted by molar-refractivity contribution is 4.94. The average molecular weight is 366 g/mol. The summed E-state index contributed by atoms with van der Waals surface area (Å²) < 4.78 is 13.1. The second kappa shape index (κ2) is 8.09. The molecule has 0 amide bonds. The first kappa shape index (κ1) is 20.6. The first-order valence-corrected chi connectivity index (χ1v) is 11.3. The van der Waals surface area contributed by atoms with Crippen molar-refractivity contribution >= 4 is 0 Å². The maximum Gasteiger partial charge on any atom is 0.171 e. The smallest absolute Gasteiger partial charge is 0.171 e. The molecule has 0 N–H and O–H groups in total. The zero-order valence-electron chi connectivity index (χ0n) is 18.2. The number of ether oxygens (including phenoxy) is 2. The molecule has 3 heteroatoms. The Kier molecular flexibility index (Phi) is 6.41. The Morgan fingerprint density at radius 2 is 1.77 bits per heavy atom. The van der Waals surface area contributed by atoms with Gasteiger partial charge in [0.2, 0.25) is 0 Å². The van der Waals surface area contributed by atoms with Gasteiger partial charge in [-0.3, -0.25) is 4.90 Å². The lowest BCUT2D eigenvalue weighted by molar-refractivity contribution is -0.228. The summed E-state index contributed by atoms with van der Waals surface area (Å²) in [6, 6.07) is 1.34. The highest BCUT2D eigenvalue weighted by Crippen LogP contribution is 2.48. The van der Waals surface area contributed by atoms with E-state index in [0.29, 0.717) is 17.4 Å². The highest BCUT2D eigenvalue weighted by atomic mass is 16.7. The van der Waals surface area contributed by atoms with Gasteiger partial charge in [0.1, 0.15) is 0 Å². The standard InChI is InChI=1S/C23H43NO2/c1-17(2)24(20-10-8-7-9-11-20)15-21-16-25-23(26-21)13-12-19(14-18(23)3)22(4,5)6/h17-21H,7-16H2,1-6H3. The minimum absolute atomic E-state index is 0.243. The molecule has 1 spiro atoms. The number of rotatable bonds is 4. The summed E-state index contributed by atoms with van der Waals surface area (Å²) in [5.41, 5.74) is 0.392. The predicted molar refractivity (Wildman–Crippen MR) is 108 cm³/mol. The molecule has 4 unspecified atom stereocenters. The van der Waals surface area contributed by atoms with Gasteiger partial charge in [0.25, 0.3) is 0 Å². The maximum absolute atomic E-state index is 6.67. The molecule has 0 radical (unpaired) electrons. The summed E-state index contributed by atoms with van der Waals surface area (Å²) in [5, 5.41) is 0. The summed E-state index contributed by atoms with van der Waals surface area (Å²) in [5.74, 6) is 0.971. The number of hydrogen-bond acceptors (Lipinski definition) is 3. The van der Waals surface area contributed by atoms with Crippen LogP contribution in [0.5, 0.6) is 0 Å². The molecular formula is C23H43NO2. The molecule has 3 nitrogen and oxygen atoms in total. The highest BCUT2D eigenvalue weighted by Gasteiger charge is 2.50. The van der Waals surface area contributed by atoms with E-state index in [1.54, 1.807) is 0 Å². The average Bonchev–Trinajstić information content (AvgIpc) is 2.99. The van der Waals surface area contributed by atoms with E-state index < -0.39 is 0 Å². The van der Waals surface area contributed by atoms with Crippen molar-refractivity contribution in [1.82, 2.24) is 4.90 Å². The van der Waals surface area contributed by atoms with Gasteiger partial charge in [-0.15, -0.1) is 0 Å². The van der Waals surface area contributed by atoms with Crippen molar-refractivity contribution in [2.75, 3.05) is 13.2 Å². The molecule has 3 aliphatic rings. The van der Waals surface area contributed by atoms with Crippen LogP contribution in [0, 0.1) is 17.3 Å². The largest absolute Gasteiger partial charge is 0.347 e. The van der Waals surface area contributed by atoms with Gasteiger partial charge in [0, 0.05) is 31.0 Å². The van der Waals surface area contributed by atoms with Crippen molar-refractivity contribution in [2.24, 2.45) is 17.3 Å². The van der Waals surface area contributed by atoms with Crippen molar-refractivity contribution in [3.8, 4) is 0 Å². The molecule has 152 valence electrons. The molecule has 1 aliphatic heterocycles. The number of hydrogen-bond donors (Lipinski definition) is 0.